The second-order valence-electron chi connectivity index (χ2n) is 5.68. The van der Waals surface area contributed by atoms with E-state index in [4.69, 9.17) is 0 Å². The third-order valence-corrected chi connectivity index (χ3v) is 3.72. The molecular formula is C20H24N2O2. The van der Waals surface area contributed by atoms with Crippen LogP contribution in [0.25, 0.3) is 0 Å². The molecule has 0 atom stereocenters. The van der Waals surface area contributed by atoms with Gasteiger partial charge in [0.25, 0.3) is 0 Å². The zero-order valence-corrected chi connectivity index (χ0v) is 14.1. The highest BCUT2D eigenvalue weighted by Gasteiger charge is 2.19. The van der Waals surface area contributed by atoms with Gasteiger partial charge in [0.1, 0.15) is 6.42 Å². The summed E-state index contributed by atoms with van der Waals surface area (Å²) < 4.78 is 0. The molecule has 0 fully saturated rings. The number of carbonyl (C=O) groups excluding carboxylic acids is 2. The standard InChI is InChI=1S/C20H24N2O2/c1-2-3-14-21-19(23)15-20(24)22(18-12-8-5-9-13-18)16-17-10-6-4-7-11-17/h4-13H,2-3,14-16H2,1H3,(H,21,23). The van der Waals surface area contributed by atoms with E-state index in [1.165, 1.54) is 0 Å². The van der Waals surface area contributed by atoms with Gasteiger partial charge in [-0.2, -0.15) is 0 Å². The van der Waals surface area contributed by atoms with Crippen LogP contribution in [0.5, 0.6) is 0 Å². The Morgan fingerprint density at radius 1 is 0.958 bits per heavy atom. The molecule has 4 nitrogen and oxygen atoms in total. The monoisotopic (exact) mass is 324 g/mol. The molecule has 0 aromatic heterocycles. The van der Waals surface area contributed by atoms with E-state index in [2.05, 4.69) is 12.2 Å². The van der Waals surface area contributed by atoms with Gasteiger partial charge >= 0.3 is 0 Å². The lowest BCUT2D eigenvalue weighted by Gasteiger charge is -2.23. The number of unbranched alkanes of at least 4 members (excludes halogenated alkanes) is 1. The van der Waals surface area contributed by atoms with Gasteiger partial charge in [-0.25, -0.2) is 0 Å². The lowest BCUT2D eigenvalue weighted by Crippen LogP contribution is -2.35. The molecule has 4 heteroatoms. The minimum atomic E-state index is -0.220. The average molecular weight is 324 g/mol. The second-order valence-corrected chi connectivity index (χ2v) is 5.68. The summed E-state index contributed by atoms with van der Waals surface area (Å²) in [6, 6.07) is 19.2. The van der Waals surface area contributed by atoms with E-state index in [1.54, 1.807) is 4.90 Å². The number of hydrogen-bond acceptors (Lipinski definition) is 2. The molecule has 2 aromatic rings. The van der Waals surface area contributed by atoms with Crippen molar-refractivity contribution >= 4 is 17.5 Å². The summed E-state index contributed by atoms with van der Waals surface area (Å²) >= 11 is 0. The molecule has 0 heterocycles. The van der Waals surface area contributed by atoms with Crippen molar-refractivity contribution in [3.63, 3.8) is 0 Å². The molecule has 0 saturated heterocycles. The van der Waals surface area contributed by atoms with Crippen LogP contribution in [0.2, 0.25) is 0 Å². The maximum Gasteiger partial charge on any atom is 0.236 e. The molecule has 0 bridgehead atoms. The lowest BCUT2D eigenvalue weighted by molar-refractivity contribution is -0.128. The molecule has 2 rings (SSSR count). The third kappa shape index (κ3) is 5.54. The Balaban J connectivity index is 2.07. The molecule has 2 amide bonds. The van der Waals surface area contributed by atoms with E-state index < -0.39 is 0 Å². The minimum Gasteiger partial charge on any atom is -0.356 e. The first kappa shape index (κ1) is 17.7. The number of carbonyl (C=O) groups is 2. The van der Waals surface area contributed by atoms with Crippen molar-refractivity contribution in [3.8, 4) is 0 Å². The maximum atomic E-state index is 12.7. The Bertz CT molecular complexity index is 641. The van der Waals surface area contributed by atoms with Gasteiger partial charge in [0.15, 0.2) is 0 Å². The van der Waals surface area contributed by atoms with Crippen LogP contribution in [0, 0.1) is 0 Å². The van der Waals surface area contributed by atoms with E-state index >= 15 is 0 Å². The molecule has 2 aromatic carbocycles. The van der Waals surface area contributed by atoms with Crippen molar-refractivity contribution in [3.05, 3.63) is 66.2 Å². The summed E-state index contributed by atoms with van der Waals surface area (Å²) in [6.07, 6.45) is 1.80. The molecule has 1 N–H and O–H groups in total. The first-order valence-corrected chi connectivity index (χ1v) is 8.36. The van der Waals surface area contributed by atoms with E-state index in [0.717, 1.165) is 24.1 Å². The summed E-state index contributed by atoms with van der Waals surface area (Å²) in [5.41, 5.74) is 1.83. The Kier molecular flexibility index (Phi) is 7.02. The number of para-hydroxylation sites is 1. The number of benzene rings is 2. The highest BCUT2D eigenvalue weighted by Crippen LogP contribution is 2.18. The molecule has 126 valence electrons. The summed E-state index contributed by atoms with van der Waals surface area (Å²) in [6.45, 7) is 3.13. The van der Waals surface area contributed by atoms with Gasteiger partial charge in [-0.05, 0) is 24.1 Å². The van der Waals surface area contributed by atoms with Crippen LogP contribution in [0.1, 0.15) is 31.7 Å². The molecule has 0 saturated carbocycles. The van der Waals surface area contributed by atoms with Crippen molar-refractivity contribution in [2.45, 2.75) is 32.7 Å². The minimum absolute atomic E-state index is 0.133. The summed E-state index contributed by atoms with van der Waals surface area (Å²) in [5, 5.41) is 2.80. The van der Waals surface area contributed by atoms with E-state index in [9.17, 15) is 9.59 Å². The smallest absolute Gasteiger partial charge is 0.236 e. The van der Waals surface area contributed by atoms with Crippen molar-refractivity contribution in [1.29, 1.82) is 0 Å². The van der Waals surface area contributed by atoms with Crippen LogP contribution in [-0.4, -0.2) is 18.4 Å². The number of anilines is 1. The Morgan fingerprint density at radius 3 is 2.21 bits per heavy atom. The zero-order chi connectivity index (χ0) is 17.2. The lowest BCUT2D eigenvalue weighted by atomic mass is 10.1. The molecule has 0 aliphatic rings. The maximum absolute atomic E-state index is 12.7. The Labute approximate surface area is 143 Å². The highest BCUT2D eigenvalue weighted by atomic mass is 16.2. The van der Waals surface area contributed by atoms with E-state index in [-0.39, 0.29) is 18.2 Å². The molecule has 0 unspecified atom stereocenters. The number of hydrogen-bond donors (Lipinski definition) is 1. The molecule has 0 aliphatic heterocycles. The fourth-order valence-corrected chi connectivity index (χ4v) is 2.40. The summed E-state index contributed by atoms with van der Waals surface area (Å²) in [5.74, 6) is -0.415. The van der Waals surface area contributed by atoms with Gasteiger partial charge in [-0.15, -0.1) is 0 Å². The van der Waals surface area contributed by atoms with Gasteiger partial charge < -0.3 is 10.2 Å². The molecule has 0 aliphatic carbocycles. The predicted molar refractivity (Wildman–Crippen MR) is 96.6 cm³/mol. The quantitative estimate of drug-likeness (QED) is 0.596. The average Bonchev–Trinajstić information content (AvgIpc) is 2.61. The topological polar surface area (TPSA) is 49.4 Å². The van der Waals surface area contributed by atoms with Crippen molar-refractivity contribution in [2.75, 3.05) is 11.4 Å². The van der Waals surface area contributed by atoms with E-state index in [1.807, 2.05) is 60.7 Å². The van der Waals surface area contributed by atoms with Crippen molar-refractivity contribution in [1.82, 2.24) is 5.32 Å². The molecular weight excluding hydrogens is 300 g/mol. The Hall–Kier alpha value is -2.62. The largest absolute Gasteiger partial charge is 0.356 e. The normalized spacial score (nSPS) is 10.2. The number of nitrogens with zero attached hydrogens (tertiary/aromatic N) is 1. The number of rotatable bonds is 8. The van der Waals surface area contributed by atoms with Crippen LogP contribution in [-0.2, 0) is 16.1 Å². The van der Waals surface area contributed by atoms with Crippen molar-refractivity contribution < 1.29 is 9.59 Å². The first-order valence-electron chi connectivity index (χ1n) is 8.36. The fraction of sp³-hybridized carbons (Fsp3) is 0.300. The zero-order valence-electron chi connectivity index (χ0n) is 14.1. The second kappa shape index (κ2) is 9.50. The van der Waals surface area contributed by atoms with Gasteiger partial charge in [0, 0.05) is 12.2 Å². The first-order chi connectivity index (χ1) is 11.7. The summed E-state index contributed by atoms with van der Waals surface area (Å²) in [7, 11) is 0. The van der Waals surface area contributed by atoms with Crippen molar-refractivity contribution in [2.24, 2.45) is 0 Å². The van der Waals surface area contributed by atoms with Gasteiger partial charge in [0.05, 0.1) is 6.54 Å². The summed E-state index contributed by atoms with van der Waals surface area (Å²) in [4.78, 5) is 26.3. The van der Waals surface area contributed by atoms with Crippen LogP contribution in [0.4, 0.5) is 5.69 Å². The predicted octanol–water partition coefficient (Wildman–Crippen LogP) is 3.53. The van der Waals surface area contributed by atoms with E-state index in [0.29, 0.717) is 13.1 Å². The van der Waals surface area contributed by atoms with Gasteiger partial charge in [0.2, 0.25) is 11.8 Å². The van der Waals surface area contributed by atoms with Crippen LogP contribution >= 0.6 is 0 Å². The highest BCUT2D eigenvalue weighted by molar-refractivity contribution is 6.04. The van der Waals surface area contributed by atoms with Gasteiger partial charge in [-0.3, -0.25) is 9.59 Å². The Morgan fingerprint density at radius 2 is 1.58 bits per heavy atom. The third-order valence-electron chi connectivity index (χ3n) is 3.72. The number of nitrogens with one attached hydrogen (secondary N) is 1. The van der Waals surface area contributed by atoms with Crippen LogP contribution < -0.4 is 10.2 Å². The molecule has 24 heavy (non-hydrogen) atoms. The SMILES string of the molecule is CCCCNC(=O)CC(=O)N(Cc1ccccc1)c1ccccc1. The molecule has 0 spiro atoms. The fourth-order valence-electron chi connectivity index (χ4n) is 2.40. The molecule has 0 radical (unpaired) electrons. The van der Waals surface area contributed by atoms with Crippen LogP contribution in [0.15, 0.2) is 60.7 Å². The number of amides is 2. The van der Waals surface area contributed by atoms with Gasteiger partial charge in [-0.1, -0.05) is 61.9 Å². The van der Waals surface area contributed by atoms with Crippen LogP contribution in [0.3, 0.4) is 0 Å².